The number of nitrogens with one attached hydrogen (secondary N) is 3. The van der Waals surface area contributed by atoms with E-state index in [0.29, 0.717) is 18.8 Å². The highest BCUT2D eigenvalue weighted by Crippen LogP contribution is 2.03. The Morgan fingerprint density at radius 3 is 2.78 bits per heavy atom. The number of ether oxygens (including phenoxy) is 1. The molecule has 96 valence electrons. The Kier molecular flexibility index (Phi) is 3.96. The fraction of sp³-hybridized carbons (Fsp3) is 0.273. The monoisotopic (exact) mass is 267 g/mol. The van der Waals surface area contributed by atoms with Crippen LogP contribution in [0.4, 0.5) is 0 Å². The van der Waals surface area contributed by atoms with Crippen molar-refractivity contribution in [2.45, 2.75) is 13.1 Å². The van der Waals surface area contributed by atoms with Gasteiger partial charge in [0.05, 0.1) is 7.11 Å². The van der Waals surface area contributed by atoms with Gasteiger partial charge in [-0.3, -0.25) is 4.79 Å². The second-order valence-electron chi connectivity index (χ2n) is 3.67. The van der Waals surface area contributed by atoms with Gasteiger partial charge in [0, 0.05) is 29.9 Å². The van der Waals surface area contributed by atoms with Crippen LogP contribution in [0.5, 0.6) is 0 Å². The molecule has 2 aromatic heterocycles. The zero-order valence-electron chi connectivity index (χ0n) is 9.78. The molecule has 2 heterocycles. The number of aromatic nitrogens is 2. The lowest BCUT2D eigenvalue weighted by molar-refractivity contribution is 0.0594. The summed E-state index contributed by atoms with van der Waals surface area (Å²) < 4.78 is 4.60. The van der Waals surface area contributed by atoms with E-state index < -0.39 is 0 Å². The Balaban J connectivity index is 1.85. The first-order valence-corrected chi connectivity index (χ1v) is 6.20. The molecule has 0 aliphatic carbocycles. The maximum absolute atomic E-state index is 11.2. The van der Waals surface area contributed by atoms with Crippen LogP contribution in [0.15, 0.2) is 22.3 Å². The van der Waals surface area contributed by atoms with Gasteiger partial charge in [0.25, 0.3) is 0 Å². The van der Waals surface area contributed by atoms with Crippen LogP contribution in [0, 0.1) is 0 Å². The molecule has 0 atom stereocenters. The van der Waals surface area contributed by atoms with E-state index in [0.717, 1.165) is 22.7 Å². The number of H-pyrrole nitrogens is 2. The summed E-state index contributed by atoms with van der Waals surface area (Å²) in [5.74, 6) is -0.386. The summed E-state index contributed by atoms with van der Waals surface area (Å²) in [6, 6.07) is 3.49. The number of thiazole rings is 1. The predicted molar refractivity (Wildman–Crippen MR) is 67.6 cm³/mol. The van der Waals surface area contributed by atoms with Crippen molar-refractivity contribution >= 4 is 17.3 Å². The second-order valence-corrected chi connectivity index (χ2v) is 4.51. The summed E-state index contributed by atoms with van der Waals surface area (Å²) >= 11 is 1.14. The Hall–Kier alpha value is -1.86. The van der Waals surface area contributed by atoms with Gasteiger partial charge < -0.3 is 20.0 Å². The molecule has 18 heavy (non-hydrogen) atoms. The summed E-state index contributed by atoms with van der Waals surface area (Å²) in [4.78, 5) is 27.7. The molecule has 7 heteroatoms. The minimum absolute atomic E-state index is 0.0559. The second kappa shape index (κ2) is 5.65. The van der Waals surface area contributed by atoms with Crippen LogP contribution in [-0.4, -0.2) is 23.0 Å². The zero-order chi connectivity index (χ0) is 13.0. The van der Waals surface area contributed by atoms with Gasteiger partial charge in [0.2, 0.25) is 0 Å². The van der Waals surface area contributed by atoms with Gasteiger partial charge >= 0.3 is 10.8 Å². The number of carbonyl (C=O) groups excluding carboxylic acids is 1. The number of esters is 1. The van der Waals surface area contributed by atoms with Crippen molar-refractivity contribution in [1.29, 1.82) is 0 Å². The van der Waals surface area contributed by atoms with Crippen molar-refractivity contribution in [1.82, 2.24) is 15.3 Å². The zero-order valence-corrected chi connectivity index (χ0v) is 10.6. The molecular weight excluding hydrogens is 254 g/mol. The number of aromatic amines is 2. The molecule has 0 unspecified atom stereocenters. The lowest BCUT2D eigenvalue weighted by Crippen LogP contribution is -2.14. The van der Waals surface area contributed by atoms with Crippen molar-refractivity contribution in [3.05, 3.63) is 44.3 Å². The molecule has 0 saturated heterocycles. The lowest BCUT2D eigenvalue weighted by atomic mass is 10.4. The number of carbonyl (C=O) groups is 1. The largest absolute Gasteiger partial charge is 0.464 e. The van der Waals surface area contributed by atoms with E-state index in [1.165, 1.54) is 7.11 Å². The first-order valence-electron chi connectivity index (χ1n) is 5.32. The molecule has 6 nitrogen and oxygen atoms in total. The van der Waals surface area contributed by atoms with Crippen LogP contribution in [0.1, 0.15) is 21.9 Å². The van der Waals surface area contributed by atoms with Gasteiger partial charge in [0.15, 0.2) is 0 Å². The van der Waals surface area contributed by atoms with Crippen LogP contribution in [0.25, 0.3) is 0 Å². The molecule has 0 bridgehead atoms. The molecular formula is C11H13N3O3S. The van der Waals surface area contributed by atoms with Crippen LogP contribution < -0.4 is 10.2 Å². The Morgan fingerprint density at radius 1 is 1.33 bits per heavy atom. The quantitative estimate of drug-likeness (QED) is 0.701. The topological polar surface area (TPSA) is 87.0 Å². The molecule has 0 saturated carbocycles. The van der Waals surface area contributed by atoms with Crippen molar-refractivity contribution in [2.24, 2.45) is 0 Å². The summed E-state index contributed by atoms with van der Waals surface area (Å²) in [7, 11) is 1.34. The van der Waals surface area contributed by atoms with E-state index in [-0.39, 0.29) is 10.8 Å². The van der Waals surface area contributed by atoms with Gasteiger partial charge in [0.1, 0.15) is 5.69 Å². The minimum Gasteiger partial charge on any atom is -0.464 e. The number of hydrogen-bond acceptors (Lipinski definition) is 5. The Labute approximate surface area is 107 Å². The first kappa shape index (κ1) is 12.6. The third-order valence-electron chi connectivity index (χ3n) is 2.35. The summed E-state index contributed by atoms with van der Waals surface area (Å²) in [5.41, 5.74) is 2.16. The van der Waals surface area contributed by atoms with Gasteiger partial charge in [-0.2, -0.15) is 0 Å². The van der Waals surface area contributed by atoms with Crippen LogP contribution in [-0.2, 0) is 17.8 Å². The standard InChI is InChI=1S/C11H13N3O3S/c1-17-10(15)9-3-2-7(13-9)4-12-5-8-6-18-11(16)14-8/h2-3,6,12-13H,4-5H2,1H3,(H,14,16). The third kappa shape index (κ3) is 3.08. The average Bonchev–Trinajstić information content (AvgIpc) is 2.98. The number of methoxy groups -OCH3 is 1. The summed E-state index contributed by atoms with van der Waals surface area (Å²) in [5, 5.41) is 4.94. The maximum atomic E-state index is 11.2. The lowest BCUT2D eigenvalue weighted by Gasteiger charge is -2.01. The minimum atomic E-state index is -0.386. The van der Waals surface area contributed by atoms with E-state index >= 15 is 0 Å². The van der Waals surface area contributed by atoms with Crippen molar-refractivity contribution in [2.75, 3.05) is 7.11 Å². The van der Waals surface area contributed by atoms with E-state index in [1.54, 1.807) is 11.4 Å². The SMILES string of the molecule is COC(=O)c1ccc(CNCc2csc(=O)[nH]2)[nH]1. The van der Waals surface area contributed by atoms with Gasteiger partial charge in [-0.25, -0.2) is 4.79 Å². The maximum Gasteiger partial charge on any atom is 0.354 e. The van der Waals surface area contributed by atoms with Crippen molar-refractivity contribution in [3.8, 4) is 0 Å². The van der Waals surface area contributed by atoms with Gasteiger partial charge in [-0.05, 0) is 12.1 Å². The summed E-state index contributed by atoms with van der Waals surface area (Å²) in [6.45, 7) is 1.15. The molecule has 0 radical (unpaired) electrons. The third-order valence-corrected chi connectivity index (χ3v) is 3.07. The molecule has 2 rings (SSSR count). The number of rotatable bonds is 5. The average molecular weight is 267 g/mol. The fourth-order valence-corrected chi connectivity index (χ4v) is 2.09. The first-order chi connectivity index (χ1) is 8.69. The van der Waals surface area contributed by atoms with Crippen LogP contribution >= 0.6 is 11.3 Å². The van der Waals surface area contributed by atoms with E-state index in [4.69, 9.17) is 0 Å². The van der Waals surface area contributed by atoms with E-state index in [9.17, 15) is 9.59 Å². The molecule has 0 aromatic carbocycles. The number of hydrogen-bond donors (Lipinski definition) is 3. The van der Waals surface area contributed by atoms with E-state index in [1.807, 2.05) is 6.07 Å². The predicted octanol–water partition coefficient (Wildman–Crippen LogP) is 0.841. The van der Waals surface area contributed by atoms with Crippen LogP contribution in [0.3, 0.4) is 0 Å². The molecule has 0 amide bonds. The van der Waals surface area contributed by atoms with Gasteiger partial charge in [-0.15, -0.1) is 0 Å². The molecule has 0 aliphatic heterocycles. The van der Waals surface area contributed by atoms with Crippen LogP contribution in [0.2, 0.25) is 0 Å². The Morgan fingerprint density at radius 2 is 2.11 bits per heavy atom. The summed E-state index contributed by atoms with van der Waals surface area (Å²) in [6.07, 6.45) is 0. The highest BCUT2D eigenvalue weighted by molar-refractivity contribution is 7.07. The molecule has 0 aliphatic rings. The molecule has 0 fully saturated rings. The molecule has 2 aromatic rings. The molecule has 3 N–H and O–H groups in total. The normalized spacial score (nSPS) is 10.5. The molecule has 0 spiro atoms. The highest BCUT2D eigenvalue weighted by atomic mass is 32.1. The Bertz CT molecular complexity index is 584. The highest BCUT2D eigenvalue weighted by Gasteiger charge is 2.07. The smallest absolute Gasteiger partial charge is 0.354 e. The van der Waals surface area contributed by atoms with Gasteiger partial charge in [-0.1, -0.05) is 11.3 Å². The van der Waals surface area contributed by atoms with Crippen molar-refractivity contribution < 1.29 is 9.53 Å². The van der Waals surface area contributed by atoms with E-state index in [2.05, 4.69) is 20.0 Å². The van der Waals surface area contributed by atoms with Crippen molar-refractivity contribution in [3.63, 3.8) is 0 Å². The fourth-order valence-electron chi connectivity index (χ4n) is 1.50.